The van der Waals surface area contributed by atoms with Gasteiger partial charge in [-0.25, -0.2) is 9.38 Å². The van der Waals surface area contributed by atoms with Crippen LogP contribution in [0, 0.1) is 0 Å². The number of carbonyl (C=O) groups excluding carboxylic acids is 1. The van der Waals surface area contributed by atoms with Crippen LogP contribution in [0.4, 0.5) is 5.95 Å². The lowest BCUT2D eigenvalue weighted by Crippen LogP contribution is -2.35. The summed E-state index contributed by atoms with van der Waals surface area (Å²) in [6.07, 6.45) is 2.44. The highest BCUT2D eigenvalue weighted by Crippen LogP contribution is 2.30. The first-order valence-electron chi connectivity index (χ1n) is 10.6. The SMILES string of the molecule is O=C(c1cccs1)N1CCCN(c2nc3cc(Cl)ccc3c3nnc(-c4ccco4)n23)CC1. The molecular formula is C23H19ClN6O2S. The number of carbonyl (C=O) groups is 1. The molecule has 166 valence electrons. The molecule has 1 saturated heterocycles. The molecular weight excluding hydrogens is 460 g/mol. The molecule has 0 aliphatic carbocycles. The summed E-state index contributed by atoms with van der Waals surface area (Å²) in [5, 5.41) is 12.3. The van der Waals surface area contributed by atoms with Crippen LogP contribution in [0.1, 0.15) is 16.1 Å². The molecule has 8 nitrogen and oxygen atoms in total. The standard InChI is InChI=1S/C23H19ClN6O2S/c24-15-6-7-16-17(14-15)25-23(30-20(16)26-27-21(30)18-4-1-12-32-18)29-9-3-8-28(10-11-29)22(31)19-5-2-13-33-19/h1-2,4-7,12-14H,3,8-11H2. The molecule has 0 saturated carbocycles. The van der Waals surface area contributed by atoms with Gasteiger partial charge in [-0.2, -0.15) is 0 Å². The zero-order valence-electron chi connectivity index (χ0n) is 17.5. The maximum absolute atomic E-state index is 12.9. The Morgan fingerprint density at radius 2 is 2.00 bits per heavy atom. The fourth-order valence-electron chi connectivity index (χ4n) is 4.25. The third kappa shape index (κ3) is 3.53. The number of rotatable bonds is 3. The van der Waals surface area contributed by atoms with E-state index in [1.807, 2.05) is 57.1 Å². The van der Waals surface area contributed by atoms with Crippen LogP contribution in [0.3, 0.4) is 0 Å². The Labute approximate surface area is 198 Å². The molecule has 33 heavy (non-hydrogen) atoms. The molecule has 0 atom stereocenters. The molecule has 5 heterocycles. The summed E-state index contributed by atoms with van der Waals surface area (Å²) >= 11 is 7.74. The number of furan rings is 1. The largest absolute Gasteiger partial charge is 0.461 e. The van der Waals surface area contributed by atoms with Crippen LogP contribution in [-0.4, -0.2) is 56.6 Å². The number of benzene rings is 1. The van der Waals surface area contributed by atoms with E-state index in [2.05, 4.69) is 15.1 Å². The number of aromatic nitrogens is 4. The Balaban J connectivity index is 1.44. The minimum Gasteiger partial charge on any atom is -0.461 e. The first kappa shape index (κ1) is 20.2. The average molecular weight is 479 g/mol. The molecule has 1 aromatic carbocycles. The number of halogens is 1. The molecule has 1 aliphatic rings. The van der Waals surface area contributed by atoms with Crippen molar-refractivity contribution in [3.63, 3.8) is 0 Å². The number of hydrogen-bond acceptors (Lipinski definition) is 7. The van der Waals surface area contributed by atoms with E-state index in [0.29, 0.717) is 47.8 Å². The van der Waals surface area contributed by atoms with Crippen molar-refractivity contribution in [2.45, 2.75) is 6.42 Å². The number of anilines is 1. The van der Waals surface area contributed by atoms with Crippen LogP contribution in [0.15, 0.2) is 58.5 Å². The highest BCUT2D eigenvalue weighted by atomic mass is 35.5. The summed E-state index contributed by atoms with van der Waals surface area (Å²) < 4.78 is 7.57. The van der Waals surface area contributed by atoms with E-state index in [4.69, 9.17) is 21.0 Å². The Morgan fingerprint density at radius 1 is 1.06 bits per heavy atom. The van der Waals surface area contributed by atoms with Crippen LogP contribution >= 0.6 is 22.9 Å². The van der Waals surface area contributed by atoms with E-state index in [1.54, 1.807) is 6.26 Å². The molecule has 0 N–H and O–H groups in total. The van der Waals surface area contributed by atoms with Gasteiger partial charge in [0, 0.05) is 36.6 Å². The van der Waals surface area contributed by atoms with E-state index >= 15 is 0 Å². The molecule has 0 spiro atoms. The molecule has 0 unspecified atom stereocenters. The number of amides is 1. The minimum absolute atomic E-state index is 0.0795. The third-order valence-corrected chi connectivity index (χ3v) is 6.92. The minimum atomic E-state index is 0.0795. The van der Waals surface area contributed by atoms with Gasteiger partial charge in [0.1, 0.15) is 0 Å². The second-order valence-electron chi connectivity index (χ2n) is 7.84. The van der Waals surface area contributed by atoms with Crippen molar-refractivity contribution in [1.29, 1.82) is 0 Å². The zero-order chi connectivity index (χ0) is 22.4. The second kappa shape index (κ2) is 8.17. The van der Waals surface area contributed by atoms with Gasteiger partial charge in [-0.05, 0) is 48.2 Å². The van der Waals surface area contributed by atoms with Crippen molar-refractivity contribution in [1.82, 2.24) is 24.5 Å². The van der Waals surface area contributed by atoms with Gasteiger partial charge in [0.15, 0.2) is 11.4 Å². The van der Waals surface area contributed by atoms with Gasteiger partial charge >= 0.3 is 0 Å². The normalized spacial score (nSPS) is 14.8. The molecule has 1 fully saturated rings. The molecule has 5 aromatic rings. The van der Waals surface area contributed by atoms with Crippen LogP contribution in [0.25, 0.3) is 28.1 Å². The molecule has 10 heteroatoms. The van der Waals surface area contributed by atoms with Gasteiger partial charge in [-0.1, -0.05) is 17.7 Å². The lowest BCUT2D eigenvalue weighted by molar-refractivity contribution is 0.0772. The predicted octanol–water partition coefficient (Wildman–Crippen LogP) is 4.60. The van der Waals surface area contributed by atoms with Crippen LogP contribution < -0.4 is 4.90 Å². The monoisotopic (exact) mass is 478 g/mol. The number of nitrogens with zero attached hydrogens (tertiary/aromatic N) is 6. The van der Waals surface area contributed by atoms with Crippen molar-refractivity contribution in [2.24, 2.45) is 0 Å². The van der Waals surface area contributed by atoms with Crippen LogP contribution in [0.2, 0.25) is 5.02 Å². The molecule has 0 bridgehead atoms. The Bertz CT molecular complexity index is 1450. The molecule has 1 amide bonds. The highest BCUT2D eigenvalue weighted by Gasteiger charge is 2.25. The van der Waals surface area contributed by atoms with Crippen LogP contribution in [-0.2, 0) is 0 Å². The van der Waals surface area contributed by atoms with Gasteiger partial charge in [-0.15, -0.1) is 21.5 Å². The van der Waals surface area contributed by atoms with E-state index in [9.17, 15) is 4.79 Å². The summed E-state index contributed by atoms with van der Waals surface area (Å²) in [5.74, 6) is 1.99. The summed E-state index contributed by atoms with van der Waals surface area (Å²) in [7, 11) is 0. The number of thiophene rings is 1. The fraction of sp³-hybridized carbons (Fsp3) is 0.217. The molecule has 4 aromatic heterocycles. The Hall–Kier alpha value is -3.43. The van der Waals surface area contributed by atoms with Gasteiger partial charge < -0.3 is 14.2 Å². The lowest BCUT2D eigenvalue weighted by Gasteiger charge is -2.24. The lowest BCUT2D eigenvalue weighted by atomic mass is 10.2. The molecule has 0 radical (unpaired) electrons. The van der Waals surface area contributed by atoms with E-state index in [0.717, 1.165) is 28.7 Å². The maximum Gasteiger partial charge on any atom is 0.263 e. The van der Waals surface area contributed by atoms with Crippen molar-refractivity contribution in [2.75, 3.05) is 31.1 Å². The van der Waals surface area contributed by atoms with Crippen molar-refractivity contribution >= 4 is 51.3 Å². The summed E-state index contributed by atoms with van der Waals surface area (Å²) in [5.41, 5.74) is 1.44. The van der Waals surface area contributed by atoms with E-state index in [1.165, 1.54) is 11.3 Å². The predicted molar refractivity (Wildman–Crippen MR) is 128 cm³/mol. The van der Waals surface area contributed by atoms with Crippen LogP contribution in [0.5, 0.6) is 0 Å². The van der Waals surface area contributed by atoms with E-state index < -0.39 is 0 Å². The van der Waals surface area contributed by atoms with Crippen molar-refractivity contribution in [3.05, 3.63) is 64.0 Å². The zero-order valence-corrected chi connectivity index (χ0v) is 19.1. The molecule has 1 aliphatic heterocycles. The second-order valence-corrected chi connectivity index (χ2v) is 9.23. The van der Waals surface area contributed by atoms with Gasteiger partial charge in [0.25, 0.3) is 5.91 Å². The van der Waals surface area contributed by atoms with Gasteiger partial charge in [0.05, 0.1) is 16.7 Å². The smallest absolute Gasteiger partial charge is 0.263 e. The van der Waals surface area contributed by atoms with Gasteiger partial charge in [-0.3, -0.25) is 4.79 Å². The first-order chi connectivity index (χ1) is 16.2. The molecule has 6 rings (SSSR count). The quantitative estimate of drug-likeness (QED) is 0.377. The van der Waals surface area contributed by atoms with Gasteiger partial charge in [0.2, 0.25) is 11.8 Å². The third-order valence-electron chi connectivity index (χ3n) is 5.82. The topological polar surface area (TPSA) is 79.8 Å². The fourth-order valence-corrected chi connectivity index (χ4v) is 5.10. The Morgan fingerprint density at radius 3 is 2.82 bits per heavy atom. The number of fused-ring (bicyclic) bond motifs is 3. The number of hydrogen-bond donors (Lipinski definition) is 0. The highest BCUT2D eigenvalue weighted by molar-refractivity contribution is 7.12. The Kier molecular flexibility index (Phi) is 5.00. The summed E-state index contributed by atoms with van der Waals surface area (Å²) in [6.45, 7) is 2.69. The summed E-state index contributed by atoms with van der Waals surface area (Å²) in [4.78, 5) is 22.7. The van der Waals surface area contributed by atoms with E-state index in [-0.39, 0.29) is 5.91 Å². The average Bonchev–Trinajstić information content (AvgIpc) is 3.57. The first-order valence-corrected chi connectivity index (χ1v) is 11.9. The summed E-state index contributed by atoms with van der Waals surface area (Å²) in [6, 6.07) is 13.0. The maximum atomic E-state index is 12.9. The van der Waals surface area contributed by atoms with Crippen molar-refractivity contribution in [3.8, 4) is 11.6 Å². The van der Waals surface area contributed by atoms with Crippen molar-refractivity contribution < 1.29 is 9.21 Å².